The molecule has 2 aromatic carbocycles. The van der Waals surface area contributed by atoms with Gasteiger partial charge in [0.1, 0.15) is 5.60 Å². The van der Waals surface area contributed by atoms with Crippen molar-refractivity contribution >= 4 is 18.0 Å². The molecule has 1 aliphatic heterocycles. The van der Waals surface area contributed by atoms with E-state index in [2.05, 4.69) is 0 Å². The molecule has 0 aromatic heterocycles. The molecule has 2 amide bonds. The second-order valence-corrected chi connectivity index (χ2v) is 11.1. The molecule has 2 unspecified atom stereocenters. The standard InChI is InChI=1S/C29H36N2O5/c1-28(2,3)36-27(35)30-17-16-29(20-30)15-7-10-24(29)25(32)31(18-21-8-5-4-6-9-21)19-22-11-13-23(14-12-22)26(33)34/h4-6,8-9,11-14,24H,7,10,15-20H2,1-3H3,(H,33,34). The molecule has 192 valence electrons. The van der Waals surface area contributed by atoms with E-state index in [0.29, 0.717) is 26.2 Å². The van der Waals surface area contributed by atoms with Crippen LogP contribution in [0.5, 0.6) is 0 Å². The minimum absolute atomic E-state index is 0.102. The molecule has 2 aromatic rings. The number of hydrogen-bond donors (Lipinski definition) is 1. The highest BCUT2D eigenvalue weighted by molar-refractivity contribution is 5.87. The lowest BCUT2D eigenvalue weighted by Crippen LogP contribution is -2.43. The van der Waals surface area contributed by atoms with Crippen molar-refractivity contribution in [1.82, 2.24) is 9.80 Å². The molecule has 1 heterocycles. The zero-order valence-electron chi connectivity index (χ0n) is 21.4. The predicted octanol–water partition coefficient (Wildman–Crippen LogP) is 5.34. The normalized spacial score (nSPS) is 21.5. The fourth-order valence-electron chi connectivity index (χ4n) is 5.60. The first-order valence-corrected chi connectivity index (χ1v) is 12.7. The number of nitrogens with zero attached hydrogens (tertiary/aromatic N) is 2. The van der Waals surface area contributed by atoms with Crippen LogP contribution in [0.25, 0.3) is 0 Å². The van der Waals surface area contributed by atoms with Crippen molar-refractivity contribution in [2.75, 3.05) is 13.1 Å². The first kappa shape index (κ1) is 25.7. The van der Waals surface area contributed by atoms with Gasteiger partial charge in [-0.3, -0.25) is 4.79 Å². The molecule has 2 aliphatic rings. The Labute approximate surface area is 213 Å². The third-order valence-corrected chi connectivity index (χ3v) is 7.34. The van der Waals surface area contributed by atoms with Gasteiger partial charge in [-0.2, -0.15) is 0 Å². The maximum absolute atomic E-state index is 14.1. The van der Waals surface area contributed by atoms with Gasteiger partial charge >= 0.3 is 12.1 Å². The van der Waals surface area contributed by atoms with Crippen molar-refractivity contribution in [2.24, 2.45) is 11.3 Å². The molecule has 1 aliphatic carbocycles. The Morgan fingerprint density at radius 3 is 2.25 bits per heavy atom. The summed E-state index contributed by atoms with van der Waals surface area (Å²) in [5, 5.41) is 9.22. The summed E-state index contributed by atoms with van der Waals surface area (Å²) in [5.74, 6) is -1.03. The van der Waals surface area contributed by atoms with Crippen molar-refractivity contribution < 1.29 is 24.2 Å². The van der Waals surface area contributed by atoms with Crippen LogP contribution in [-0.2, 0) is 22.6 Å². The maximum Gasteiger partial charge on any atom is 0.410 e. The van der Waals surface area contributed by atoms with E-state index >= 15 is 0 Å². The van der Waals surface area contributed by atoms with Crippen LogP contribution in [0.2, 0.25) is 0 Å². The van der Waals surface area contributed by atoms with Crippen molar-refractivity contribution in [2.45, 2.75) is 65.1 Å². The number of likely N-dealkylation sites (tertiary alicyclic amines) is 1. The van der Waals surface area contributed by atoms with Crippen LogP contribution in [0.1, 0.15) is 67.9 Å². The van der Waals surface area contributed by atoms with Crippen molar-refractivity contribution in [1.29, 1.82) is 0 Å². The lowest BCUT2D eigenvalue weighted by molar-refractivity contribution is -0.140. The van der Waals surface area contributed by atoms with E-state index < -0.39 is 11.6 Å². The number of carboxylic acid groups (broad SMARTS) is 1. The third-order valence-electron chi connectivity index (χ3n) is 7.34. The highest BCUT2D eigenvalue weighted by Gasteiger charge is 2.52. The van der Waals surface area contributed by atoms with Gasteiger partial charge in [0.2, 0.25) is 5.91 Å². The van der Waals surface area contributed by atoms with E-state index in [1.807, 2.05) is 56.0 Å². The molecule has 1 N–H and O–H groups in total. The van der Waals surface area contributed by atoms with E-state index in [1.165, 1.54) is 0 Å². The second kappa shape index (κ2) is 10.3. The Balaban J connectivity index is 1.54. The van der Waals surface area contributed by atoms with Crippen LogP contribution in [0, 0.1) is 11.3 Å². The molecular formula is C29H36N2O5. The molecule has 2 atom stereocenters. The highest BCUT2D eigenvalue weighted by atomic mass is 16.6. The SMILES string of the molecule is CC(C)(C)OC(=O)N1CCC2(CCCC2C(=O)N(Cc2ccccc2)Cc2ccc(C(=O)O)cc2)C1. The minimum Gasteiger partial charge on any atom is -0.478 e. The monoisotopic (exact) mass is 492 g/mol. The number of benzene rings is 2. The average molecular weight is 493 g/mol. The zero-order valence-corrected chi connectivity index (χ0v) is 21.4. The fourth-order valence-corrected chi connectivity index (χ4v) is 5.60. The average Bonchev–Trinajstić information content (AvgIpc) is 3.45. The van der Waals surface area contributed by atoms with E-state index in [9.17, 15) is 19.5 Å². The molecule has 2 fully saturated rings. The topological polar surface area (TPSA) is 87.2 Å². The summed E-state index contributed by atoms with van der Waals surface area (Å²) < 4.78 is 5.60. The summed E-state index contributed by atoms with van der Waals surface area (Å²) in [6.07, 6.45) is 3.19. The first-order valence-electron chi connectivity index (χ1n) is 12.7. The smallest absolute Gasteiger partial charge is 0.410 e. The number of carbonyl (C=O) groups is 3. The molecule has 0 bridgehead atoms. The summed E-state index contributed by atoms with van der Waals surface area (Å²) in [6.45, 7) is 7.62. The molecular weight excluding hydrogens is 456 g/mol. The number of ether oxygens (including phenoxy) is 1. The van der Waals surface area contributed by atoms with E-state index in [-0.39, 0.29) is 28.9 Å². The quantitative estimate of drug-likeness (QED) is 0.588. The minimum atomic E-state index is -0.970. The molecule has 4 rings (SSSR count). The van der Waals surface area contributed by atoms with Gasteiger partial charge in [-0.1, -0.05) is 48.9 Å². The van der Waals surface area contributed by atoms with Crippen LogP contribution in [-0.4, -0.2) is 51.6 Å². The highest BCUT2D eigenvalue weighted by Crippen LogP contribution is 2.50. The van der Waals surface area contributed by atoms with Gasteiger partial charge in [-0.05, 0) is 63.3 Å². The fraction of sp³-hybridized carbons (Fsp3) is 0.483. The third kappa shape index (κ3) is 5.89. The van der Waals surface area contributed by atoms with Gasteiger partial charge < -0.3 is 19.6 Å². The Bertz CT molecular complexity index is 1090. The van der Waals surface area contributed by atoms with Crippen LogP contribution in [0.15, 0.2) is 54.6 Å². The van der Waals surface area contributed by atoms with Gasteiger partial charge in [-0.15, -0.1) is 0 Å². The lowest BCUT2D eigenvalue weighted by Gasteiger charge is -2.35. The summed E-state index contributed by atoms with van der Waals surface area (Å²) in [4.78, 5) is 41.7. The lowest BCUT2D eigenvalue weighted by atomic mass is 9.76. The molecule has 7 nitrogen and oxygen atoms in total. The molecule has 1 saturated heterocycles. The van der Waals surface area contributed by atoms with Crippen LogP contribution >= 0.6 is 0 Å². The number of rotatable bonds is 6. The van der Waals surface area contributed by atoms with Gasteiger partial charge in [-0.25, -0.2) is 9.59 Å². The van der Waals surface area contributed by atoms with Gasteiger partial charge in [0.15, 0.2) is 0 Å². The Morgan fingerprint density at radius 1 is 1.00 bits per heavy atom. The van der Waals surface area contributed by atoms with Crippen LogP contribution < -0.4 is 0 Å². The number of carboxylic acids is 1. The second-order valence-electron chi connectivity index (χ2n) is 11.1. The molecule has 1 saturated carbocycles. The van der Waals surface area contributed by atoms with Gasteiger partial charge in [0.25, 0.3) is 0 Å². The van der Waals surface area contributed by atoms with Crippen molar-refractivity contribution in [3.8, 4) is 0 Å². The van der Waals surface area contributed by atoms with Crippen molar-refractivity contribution in [3.63, 3.8) is 0 Å². The summed E-state index contributed by atoms with van der Waals surface area (Å²) >= 11 is 0. The summed E-state index contributed by atoms with van der Waals surface area (Å²) in [6, 6.07) is 16.6. The molecule has 1 spiro atoms. The maximum atomic E-state index is 14.1. The Morgan fingerprint density at radius 2 is 1.64 bits per heavy atom. The van der Waals surface area contributed by atoms with E-state index in [1.54, 1.807) is 29.2 Å². The van der Waals surface area contributed by atoms with Crippen molar-refractivity contribution in [3.05, 3.63) is 71.3 Å². The Kier molecular flexibility index (Phi) is 7.38. The first-order chi connectivity index (χ1) is 17.1. The molecule has 7 heteroatoms. The number of hydrogen-bond acceptors (Lipinski definition) is 4. The summed E-state index contributed by atoms with van der Waals surface area (Å²) in [7, 11) is 0. The predicted molar refractivity (Wildman–Crippen MR) is 136 cm³/mol. The number of amides is 2. The van der Waals surface area contributed by atoms with E-state index in [0.717, 1.165) is 36.8 Å². The van der Waals surface area contributed by atoms with E-state index in [4.69, 9.17) is 4.74 Å². The number of aromatic carboxylic acids is 1. The van der Waals surface area contributed by atoms with Crippen LogP contribution in [0.3, 0.4) is 0 Å². The largest absolute Gasteiger partial charge is 0.478 e. The summed E-state index contributed by atoms with van der Waals surface area (Å²) in [5.41, 5.74) is 1.37. The number of carbonyl (C=O) groups excluding carboxylic acids is 2. The van der Waals surface area contributed by atoms with Crippen LogP contribution in [0.4, 0.5) is 4.79 Å². The Hall–Kier alpha value is -3.35. The molecule has 0 radical (unpaired) electrons. The van der Waals surface area contributed by atoms with Gasteiger partial charge in [0.05, 0.1) is 5.56 Å². The van der Waals surface area contributed by atoms with Gasteiger partial charge in [0, 0.05) is 37.5 Å². The zero-order chi connectivity index (χ0) is 25.9. The molecule has 36 heavy (non-hydrogen) atoms.